The second-order valence-corrected chi connectivity index (χ2v) is 6.64. The fourth-order valence-electron chi connectivity index (χ4n) is 2.64. The molecule has 1 atom stereocenters. The first-order chi connectivity index (χ1) is 11.5. The monoisotopic (exact) mass is 347 g/mol. The molecule has 7 heteroatoms. The van der Waals surface area contributed by atoms with Crippen molar-refractivity contribution in [3.8, 4) is 0 Å². The molecule has 0 radical (unpaired) electrons. The fraction of sp³-hybridized carbons (Fsp3) is 0.353. The molecule has 0 spiro atoms. The van der Waals surface area contributed by atoms with Gasteiger partial charge in [-0.25, -0.2) is 9.37 Å². The SMILES string of the molecule is C[C@@H](NC(=O)c1csc(C(=O)N2CCCC2)n1)c1ccc(F)cc1. The van der Waals surface area contributed by atoms with E-state index in [0.29, 0.717) is 5.01 Å². The standard InChI is InChI=1S/C17H18FN3O2S/c1-11(12-4-6-13(18)7-5-12)19-15(22)14-10-24-16(20-14)17(23)21-8-2-3-9-21/h4-7,10-11H,2-3,8-9H2,1H3,(H,19,22)/t11-/m1/s1. The number of thiazole rings is 1. The molecule has 3 rings (SSSR count). The number of rotatable bonds is 4. The number of hydrogen-bond donors (Lipinski definition) is 1. The van der Waals surface area contributed by atoms with Gasteiger partial charge in [-0.05, 0) is 37.5 Å². The number of nitrogens with zero attached hydrogens (tertiary/aromatic N) is 2. The van der Waals surface area contributed by atoms with Gasteiger partial charge in [-0.15, -0.1) is 11.3 Å². The smallest absolute Gasteiger partial charge is 0.282 e. The van der Waals surface area contributed by atoms with Gasteiger partial charge >= 0.3 is 0 Å². The van der Waals surface area contributed by atoms with E-state index < -0.39 is 0 Å². The van der Waals surface area contributed by atoms with Gasteiger partial charge in [-0.1, -0.05) is 12.1 Å². The quantitative estimate of drug-likeness (QED) is 0.925. The van der Waals surface area contributed by atoms with Crippen molar-refractivity contribution in [2.75, 3.05) is 13.1 Å². The van der Waals surface area contributed by atoms with Gasteiger partial charge in [0.25, 0.3) is 11.8 Å². The molecule has 1 saturated heterocycles. The van der Waals surface area contributed by atoms with Crippen LogP contribution in [0.3, 0.4) is 0 Å². The van der Waals surface area contributed by atoms with Crippen LogP contribution in [0.25, 0.3) is 0 Å². The predicted molar refractivity (Wildman–Crippen MR) is 89.5 cm³/mol. The highest BCUT2D eigenvalue weighted by Gasteiger charge is 2.23. The van der Waals surface area contributed by atoms with Gasteiger partial charge in [0.15, 0.2) is 5.01 Å². The van der Waals surface area contributed by atoms with E-state index in [1.807, 2.05) is 6.92 Å². The van der Waals surface area contributed by atoms with Crippen molar-refractivity contribution >= 4 is 23.2 Å². The molecule has 2 aromatic rings. The van der Waals surface area contributed by atoms with Crippen LogP contribution >= 0.6 is 11.3 Å². The first-order valence-electron chi connectivity index (χ1n) is 7.86. The number of benzene rings is 1. The van der Waals surface area contributed by atoms with E-state index in [1.54, 1.807) is 22.4 Å². The van der Waals surface area contributed by atoms with Gasteiger partial charge in [0.05, 0.1) is 6.04 Å². The molecule has 1 aliphatic rings. The van der Waals surface area contributed by atoms with Crippen LogP contribution in [-0.4, -0.2) is 34.8 Å². The van der Waals surface area contributed by atoms with Crippen LogP contribution in [0, 0.1) is 5.82 Å². The summed E-state index contributed by atoms with van der Waals surface area (Å²) in [6.07, 6.45) is 2.03. The minimum atomic E-state index is -0.344. The lowest BCUT2D eigenvalue weighted by Crippen LogP contribution is -2.29. The molecule has 0 aliphatic carbocycles. The Bertz CT molecular complexity index is 739. The molecule has 2 amide bonds. The molecule has 126 valence electrons. The van der Waals surface area contributed by atoms with E-state index in [4.69, 9.17) is 0 Å². The first-order valence-corrected chi connectivity index (χ1v) is 8.73. The maximum absolute atomic E-state index is 13.0. The van der Waals surface area contributed by atoms with Crippen LogP contribution in [0.2, 0.25) is 0 Å². The van der Waals surface area contributed by atoms with Crippen LogP contribution in [0.5, 0.6) is 0 Å². The summed E-state index contributed by atoms with van der Waals surface area (Å²) in [6.45, 7) is 3.32. The minimum absolute atomic E-state index is 0.108. The molecule has 1 aliphatic heterocycles. The maximum atomic E-state index is 13.0. The fourth-order valence-corrected chi connectivity index (χ4v) is 3.40. The van der Waals surface area contributed by atoms with E-state index in [2.05, 4.69) is 10.3 Å². The second-order valence-electron chi connectivity index (χ2n) is 5.78. The lowest BCUT2D eigenvalue weighted by molar-refractivity contribution is 0.0792. The normalized spacial score (nSPS) is 15.3. The molecular weight excluding hydrogens is 329 g/mol. The van der Waals surface area contributed by atoms with Crippen LogP contribution < -0.4 is 5.32 Å². The number of halogens is 1. The van der Waals surface area contributed by atoms with E-state index in [9.17, 15) is 14.0 Å². The number of nitrogens with one attached hydrogen (secondary N) is 1. The summed E-state index contributed by atoms with van der Waals surface area (Å²) in [5.41, 5.74) is 1.03. The molecule has 1 fully saturated rings. The molecular formula is C17H18FN3O2S. The third-order valence-corrected chi connectivity index (χ3v) is 4.86. The average molecular weight is 347 g/mol. The number of hydrogen-bond acceptors (Lipinski definition) is 4. The van der Waals surface area contributed by atoms with E-state index in [-0.39, 0.29) is 29.4 Å². The Balaban J connectivity index is 1.65. The molecule has 1 aromatic heterocycles. The van der Waals surface area contributed by atoms with Crippen molar-refractivity contribution in [3.05, 3.63) is 51.7 Å². The molecule has 2 heterocycles. The maximum Gasteiger partial charge on any atom is 0.282 e. The second kappa shape index (κ2) is 7.09. The highest BCUT2D eigenvalue weighted by Crippen LogP contribution is 2.18. The molecule has 1 aromatic carbocycles. The molecule has 0 saturated carbocycles. The van der Waals surface area contributed by atoms with Crippen molar-refractivity contribution in [1.82, 2.24) is 15.2 Å². The van der Waals surface area contributed by atoms with E-state index >= 15 is 0 Å². The summed E-state index contributed by atoms with van der Waals surface area (Å²) in [6, 6.07) is 5.69. The zero-order chi connectivity index (χ0) is 17.1. The van der Waals surface area contributed by atoms with Crippen molar-refractivity contribution in [2.24, 2.45) is 0 Å². The Hall–Kier alpha value is -2.28. The van der Waals surface area contributed by atoms with Crippen molar-refractivity contribution in [2.45, 2.75) is 25.8 Å². The van der Waals surface area contributed by atoms with Crippen LogP contribution in [-0.2, 0) is 0 Å². The Labute approximate surface area is 143 Å². The van der Waals surface area contributed by atoms with Gasteiger partial charge in [-0.3, -0.25) is 9.59 Å². The third-order valence-electron chi connectivity index (χ3n) is 4.03. The van der Waals surface area contributed by atoms with Crippen LogP contribution in [0.4, 0.5) is 4.39 Å². The molecule has 0 bridgehead atoms. The summed E-state index contributed by atoms with van der Waals surface area (Å²) < 4.78 is 13.0. The topological polar surface area (TPSA) is 62.3 Å². The van der Waals surface area contributed by atoms with Crippen molar-refractivity contribution in [3.63, 3.8) is 0 Å². The summed E-state index contributed by atoms with van der Waals surface area (Å²) >= 11 is 1.18. The summed E-state index contributed by atoms with van der Waals surface area (Å²) in [4.78, 5) is 30.5. The molecule has 1 N–H and O–H groups in total. The molecule has 5 nitrogen and oxygen atoms in total. The zero-order valence-corrected chi connectivity index (χ0v) is 14.1. The highest BCUT2D eigenvalue weighted by atomic mass is 32.1. The predicted octanol–water partition coefficient (Wildman–Crippen LogP) is 3.01. The Morgan fingerprint density at radius 2 is 1.92 bits per heavy atom. The van der Waals surface area contributed by atoms with Crippen LogP contribution in [0.1, 0.15) is 51.7 Å². The van der Waals surface area contributed by atoms with E-state index in [1.165, 1.54) is 23.5 Å². The highest BCUT2D eigenvalue weighted by molar-refractivity contribution is 7.11. The molecule has 0 unspecified atom stereocenters. The Kier molecular flexibility index (Phi) is 4.89. The number of amides is 2. The Morgan fingerprint density at radius 1 is 1.25 bits per heavy atom. The van der Waals surface area contributed by atoms with Crippen molar-refractivity contribution < 1.29 is 14.0 Å². The van der Waals surface area contributed by atoms with Gasteiger partial charge in [-0.2, -0.15) is 0 Å². The number of aromatic nitrogens is 1. The van der Waals surface area contributed by atoms with Gasteiger partial charge < -0.3 is 10.2 Å². The lowest BCUT2D eigenvalue weighted by Gasteiger charge is -2.13. The third kappa shape index (κ3) is 3.62. The largest absolute Gasteiger partial charge is 0.344 e. The van der Waals surface area contributed by atoms with E-state index in [0.717, 1.165) is 31.5 Å². The number of carbonyl (C=O) groups is 2. The first kappa shape index (κ1) is 16.6. The zero-order valence-electron chi connectivity index (χ0n) is 13.3. The summed E-state index contributed by atoms with van der Waals surface area (Å²) in [7, 11) is 0. The summed E-state index contributed by atoms with van der Waals surface area (Å²) in [5, 5.41) is 4.75. The Morgan fingerprint density at radius 3 is 2.58 bits per heavy atom. The number of carbonyl (C=O) groups excluding carboxylic acids is 2. The summed E-state index contributed by atoms with van der Waals surface area (Å²) in [5.74, 6) is -0.770. The lowest BCUT2D eigenvalue weighted by atomic mass is 10.1. The van der Waals surface area contributed by atoms with Gasteiger partial charge in [0.2, 0.25) is 0 Å². The van der Waals surface area contributed by atoms with Crippen molar-refractivity contribution in [1.29, 1.82) is 0 Å². The molecule has 24 heavy (non-hydrogen) atoms. The van der Waals surface area contributed by atoms with Crippen LogP contribution in [0.15, 0.2) is 29.6 Å². The van der Waals surface area contributed by atoms with Gasteiger partial charge in [0.1, 0.15) is 11.5 Å². The van der Waals surface area contributed by atoms with Gasteiger partial charge in [0, 0.05) is 18.5 Å². The average Bonchev–Trinajstić information content (AvgIpc) is 3.26. The minimum Gasteiger partial charge on any atom is -0.344 e. The number of likely N-dealkylation sites (tertiary alicyclic amines) is 1.